The van der Waals surface area contributed by atoms with Crippen LogP contribution >= 0.6 is 0 Å². The third-order valence-electron chi connectivity index (χ3n) is 3.22. The van der Waals surface area contributed by atoms with E-state index >= 15 is 0 Å². The minimum atomic E-state index is -5.18. The highest BCUT2D eigenvalue weighted by Crippen LogP contribution is 2.01. The van der Waals surface area contributed by atoms with Gasteiger partial charge in [0.25, 0.3) is 0 Å². The van der Waals surface area contributed by atoms with Crippen LogP contribution in [0.25, 0.3) is 0 Å². The smallest absolute Gasteiger partial charge is 0.218 e. The second kappa shape index (κ2) is 18.6. The number of hydrogen-bond donors (Lipinski definition) is 0. The van der Waals surface area contributed by atoms with Crippen LogP contribution in [0.4, 0.5) is 0 Å². The predicted octanol–water partition coefficient (Wildman–Crippen LogP) is 1.80. The zero-order valence-corrected chi connectivity index (χ0v) is 19.3. The lowest BCUT2D eigenvalue weighted by molar-refractivity contribution is 0.147. The van der Waals surface area contributed by atoms with E-state index in [-0.39, 0.29) is 0 Å². The fourth-order valence-electron chi connectivity index (χ4n) is 1.87. The lowest BCUT2D eigenvalue weighted by Crippen LogP contribution is -2.23. The van der Waals surface area contributed by atoms with E-state index < -0.39 is 33.5 Å². The highest BCUT2D eigenvalue weighted by Gasteiger charge is 2.12. The summed E-state index contributed by atoms with van der Waals surface area (Å²) in [6.07, 6.45) is 16.4. The van der Waals surface area contributed by atoms with Crippen molar-refractivity contribution in [2.75, 3.05) is 6.61 Å². The summed E-state index contributed by atoms with van der Waals surface area (Å²) in [5, 5.41) is 0. The van der Waals surface area contributed by atoms with Gasteiger partial charge >= 0.3 is 0 Å². The van der Waals surface area contributed by atoms with Gasteiger partial charge < -0.3 is 9.11 Å². The Labute approximate surface area is 196 Å². The van der Waals surface area contributed by atoms with Gasteiger partial charge in [0.1, 0.15) is 6.61 Å². The molecule has 0 bridgehead atoms. The Hall–Kier alpha value is -2.98. The van der Waals surface area contributed by atoms with Crippen LogP contribution in [0, 0.1) is 59.7 Å². The monoisotopic (exact) mass is 490 g/mol. The van der Waals surface area contributed by atoms with Crippen molar-refractivity contribution < 1.29 is 34.3 Å². The van der Waals surface area contributed by atoms with Crippen LogP contribution in [0.5, 0.6) is 0 Å². The fourth-order valence-corrected chi connectivity index (χ4v) is 2.55. The van der Waals surface area contributed by atoms with Crippen LogP contribution in [0.1, 0.15) is 44.9 Å². The second-order valence-electron chi connectivity index (χ2n) is 5.94. The second-order valence-corrected chi connectivity index (χ2v) is 8.00. The Bertz CT molecular complexity index is 1160. The molecule has 0 radical (unpaired) electrons. The van der Waals surface area contributed by atoms with Crippen molar-refractivity contribution in [2.45, 2.75) is 51.0 Å². The topological polar surface area (TPSA) is 133 Å². The first-order valence-corrected chi connectivity index (χ1v) is 12.3. The molecular weight excluding hydrogens is 468 g/mol. The van der Waals surface area contributed by atoms with E-state index in [1.54, 1.807) is 12.2 Å². The van der Waals surface area contributed by atoms with Gasteiger partial charge in [-0.25, -0.2) is 16.8 Å². The zero-order chi connectivity index (χ0) is 24.8. The molecule has 0 aliphatic carbocycles. The van der Waals surface area contributed by atoms with Crippen LogP contribution in [-0.2, 0) is 29.2 Å². The first-order valence-electron chi connectivity index (χ1n) is 9.61. The van der Waals surface area contributed by atoms with Crippen molar-refractivity contribution in [1.82, 2.24) is 0 Å². The van der Waals surface area contributed by atoms with E-state index in [2.05, 4.69) is 61.7 Å². The summed E-state index contributed by atoms with van der Waals surface area (Å²) in [5.74, 6) is 22.9. The van der Waals surface area contributed by atoms with Gasteiger partial charge in [-0.3, -0.25) is 8.37 Å². The highest BCUT2D eigenvalue weighted by atomic mass is 32.3. The minimum Gasteiger partial charge on any atom is -0.726 e. The largest absolute Gasteiger partial charge is 0.726 e. The Morgan fingerprint density at radius 2 is 1.42 bits per heavy atom. The molecule has 1 atom stereocenters. The predicted molar refractivity (Wildman–Crippen MR) is 121 cm³/mol. The maximum Gasteiger partial charge on any atom is 0.218 e. The Morgan fingerprint density at radius 1 is 0.818 bits per heavy atom. The minimum absolute atomic E-state index is 0.435. The van der Waals surface area contributed by atoms with Gasteiger partial charge in [-0.05, 0) is 67.9 Å². The third kappa shape index (κ3) is 25.2. The Morgan fingerprint density at radius 3 is 2.00 bits per heavy atom. The van der Waals surface area contributed by atoms with Crippen LogP contribution in [0.3, 0.4) is 0 Å². The number of rotatable bonds is 12. The van der Waals surface area contributed by atoms with Gasteiger partial charge in [0.15, 0.2) is 6.10 Å². The molecule has 0 saturated carbocycles. The molecular formula is C23H22O8S2-2. The van der Waals surface area contributed by atoms with Crippen molar-refractivity contribution in [2.24, 2.45) is 0 Å². The first kappa shape index (κ1) is 30.0. The number of terminal acetylenes is 1. The summed E-state index contributed by atoms with van der Waals surface area (Å²) in [4.78, 5) is 0. The molecule has 8 nitrogen and oxygen atoms in total. The maximum atomic E-state index is 10.6. The van der Waals surface area contributed by atoms with Gasteiger partial charge in [0.05, 0.1) is 0 Å². The van der Waals surface area contributed by atoms with E-state index in [1.807, 2.05) is 12.2 Å². The van der Waals surface area contributed by atoms with E-state index in [0.29, 0.717) is 19.3 Å². The third-order valence-corrected chi connectivity index (χ3v) is 4.11. The molecule has 0 aromatic heterocycles. The molecule has 0 fully saturated rings. The Kier molecular flexibility index (Phi) is 16.9. The van der Waals surface area contributed by atoms with Crippen molar-refractivity contribution in [3.05, 3.63) is 24.3 Å². The molecule has 0 saturated heterocycles. The number of unbranched alkanes of at least 4 members (excludes halogenated alkanes) is 5. The van der Waals surface area contributed by atoms with Crippen LogP contribution in [0.2, 0.25) is 0 Å². The summed E-state index contributed by atoms with van der Waals surface area (Å²) in [7, 11) is -10.3. The van der Waals surface area contributed by atoms with Crippen LogP contribution < -0.4 is 0 Å². The summed E-state index contributed by atoms with van der Waals surface area (Å²) in [5.41, 5.74) is 0. The van der Waals surface area contributed by atoms with Crippen LogP contribution in [-0.4, -0.2) is 38.7 Å². The van der Waals surface area contributed by atoms with Gasteiger partial charge in [-0.15, -0.1) is 6.42 Å². The summed E-state index contributed by atoms with van der Waals surface area (Å²) >= 11 is 0. The van der Waals surface area contributed by atoms with E-state index in [1.165, 1.54) is 0 Å². The lowest BCUT2D eigenvalue weighted by atomic mass is 10.2. The SMILES string of the molecule is C#C/C=C\CCCC/C=C\C#CC#CCCCC#CC#CC(COS(=O)(=O)[O-])OS(=O)(=O)[O-]. The lowest BCUT2D eigenvalue weighted by Gasteiger charge is -2.15. The molecule has 0 aliphatic rings. The number of hydrogen-bond acceptors (Lipinski definition) is 8. The van der Waals surface area contributed by atoms with Gasteiger partial charge in [-0.1, -0.05) is 41.8 Å². The average Bonchev–Trinajstić information content (AvgIpc) is 2.72. The molecule has 176 valence electrons. The van der Waals surface area contributed by atoms with E-state index in [0.717, 1.165) is 25.7 Å². The highest BCUT2D eigenvalue weighted by molar-refractivity contribution is 7.81. The molecule has 10 heteroatoms. The standard InChI is InChI=1S/C23H24O8S2/c1-2-3-4-5-6-7-8-9-10-11-12-13-14-15-16-17-18-19-20-21-23(31-33(27,28)29)22-30-32(24,25)26/h1,3-4,9-10,23H,5-8,15-17,22H2,(H,24,25,26)(H,27,28,29)/p-2/b4-3-,10-9-. The first-order chi connectivity index (χ1) is 15.6. The van der Waals surface area contributed by atoms with Gasteiger partial charge in [0.2, 0.25) is 20.8 Å². The fraction of sp³-hybridized carbons (Fsp3) is 0.391. The van der Waals surface area contributed by atoms with Gasteiger partial charge in [-0.2, -0.15) is 0 Å². The van der Waals surface area contributed by atoms with Gasteiger partial charge in [0, 0.05) is 12.8 Å². The van der Waals surface area contributed by atoms with Crippen molar-refractivity contribution in [3.63, 3.8) is 0 Å². The summed E-state index contributed by atoms with van der Waals surface area (Å²) < 4.78 is 70.7. The maximum absolute atomic E-state index is 10.6. The Balaban J connectivity index is 4.22. The zero-order valence-electron chi connectivity index (χ0n) is 17.7. The molecule has 0 heterocycles. The van der Waals surface area contributed by atoms with Crippen molar-refractivity contribution in [3.8, 4) is 59.7 Å². The summed E-state index contributed by atoms with van der Waals surface area (Å²) in [6, 6.07) is 0. The number of allylic oxidation sites excluding steroid dienone is 4. The molecule has 0 N–H and O–H groups in total. The molecule has 0 rings (SSSR count). The normalized spacial score (nSPS) is 11.7. The molecule has 33 heavy (non-hydrogen) atoms. The summed E-state index contributed by atoms with van der Waals surface area (Å²) in [6.45, 7) is -1.06. The molecule has 0 aliphatic heterocycles. The molecule has 0 spiro atoms. The molecule has 0 amide bonds. The molecule has 0 aromatic carbocycles. The van der Waals surface area contributed by atoms with E-state index in [4.69, 9.17) is 6.42 Å². The van der Waals surface area contributed by atoms with E-state index in [9.17, 15) is 25.9 Å². The average molecular weight is 491 g/mol. The quantitative estimate of drug-likeness (QED) is 0.175. The molecule has 1 unspecified atom stereocenters. The van der Waals surface area contributed by atoms with Crippen molar-refractivity contribution >= 4 is 20.8 Å². The van der Waals surface area contributed by atoms with Crippen LogP contribution in [0.15, 0.2) is 24.3 Å². The van der Waals surface area contributed by atoms with Crippen molar-refractivity contribution in [1.29, 1.82) is 0 Å². The molecule has 0 aromatic rings.